The summed E-state index contributed by atoms with van der Waals surface area (Å²) in [5, 5.41) is 0. The Balaban J connectivity index is 2.19. The van der Waals surface area contributed by atoms with Crippen molar-refractivity contribution in [2.24, 2.45) is 5.92 Å². The van der Waals surface area contributed by atoms with Gasteiger partial charge in [0, 0.05) is 27.1 Å². The van der Waals surface area contributed by atoms with Gasteiger partial charge in [0.15, 0.2) is 0 Å². The number of hydrogen-bond donors (Lipinski definition) is 0. The lowest BCUT2D eigenvalue weighted by Gasteiger charge is -2.37. The molecule has 0 unspecified atom stereocenters. The van der Waals surface area contributed by atoms with Crippen molar-refractivity contribution >= 4 is 5.91 Å². The molecule has 0 fully saturated rings. The van der Waals surface area contributed by atoms with E-state index in [9.17, 15) is 4.79 Å². The number of benzene rings is 1. The topological polar surface area (TPSA) is 42.0 Å². The Bertz CT molecular complexity index is 796. The standard InChI is InChI=1S/C26H40N2O3/c1-8-10-11-25(30-7)24(27(5)6)18-31-21-12-13-22-20(17-21)14-15-28(23(22)9-2)26(29)16-19(3)4/h10-13,17,19,23H,8-9,14-16,18H2,1-7H3/b11-10-,25-24+/t23-/m0/s1. The number of carbonyl (C=O) groups excluding carboxylic acids is 1. The van der Waals surface area contributed by atoms with Crippen molar-refractivity contribution in [3.8, 4) is 5.75 Å². The van der Waals surface area contributed by atoms with Crippen molar-refractivity contribution in [1.29, 1.82) is 0 Å². The predicted octanol–water partition coefficient (Wildman–Crippen LogP) is 5.33. The molecule has 0 aromatic heterocycles. The van der Waals surface area contributed by atoms with Gasteiger partial charge in [-0.05, 0) is 54.5 Å². The molecule has 172 valence electrons. The molecule has 1 aliphatic heterocycles. The fourth-order valence-corrected chi connectivity index (χ4v) is 4.06. The first-order chi connectivity index (χ1) is 14.8. The monoisotopic (exact) mass is 428 g/mol. The van der Waals surface area contributed by atoms with Crippen LogP contribution in [-0.4, -0.2) is 50.1 Å². The van der Waals surface area contributed by atoms with Gasteiger partial charge in [0.2, 0.25) is 5.91 Å². The average Bonchev–Trinajstić information content (AvgIpc) is 2.74. The molecular formula is C26H40N2O3. The molecule has 0 radical (unpaired) electrons. The Kier molecular flexibility index (Phi) is 9.47. The van der Waals surface area contributed by atoms with Gasteiger partial charge in [-0.1, -0.05) is 39.8 Å². The largest absolute Gasteiger partial charge is 0.495 e. The molecule has 5 nitrogen and oxygen atoms in total. The van der Waals surface area contributed by atoms with Crippen LogP contribution in [0.3, 0.4) is 0 Å². The van der Waals surface area contributed by atoms with Crippen LogP contribution < -0.4 is 4.74 Å². The number of methoxy groups -OCH3 is 1. The maximum absolute atomic E-state index is 12.7. The minimum atomic E-state index is 0.153. The first-order valence-corrected chi connectivity index (χ1v) is 11.5. The van der Waals surface area contributed by atoms with Gasteiger partial charge < -0.3 is 19.3 Å². The van der Waals surface area contributed by atoms with E-state index in [1.54, 1.807) is 7.11 Å². The van der Waals surface area contributed by atoms with Crippen molar-refractivity contribution in [2.45, 2.75) is 59.4 Å². The molecule has 31 heavy (non-hydrogen) atoms. The molecular weight excluding hydrogens is 388 g/mol. The molecule has 1 heterocycles. The van der Waals surface area contributed by atoms with E-state index in [2.05, 4.69) is 50.8 Å². The molecule has 2 rings (SSSR count). The lowest BCUT2D eigenvalue weighted by molar-refractivity contribution is -0.135. The summed E-state index contributed by atoms with van der Waals surface area (Å²) in [6, 6.07) is 6.46. The van der Waals surface area contributed by atoms with Crippen molar-refractivity contribution in [3.05, 3.63) is 52.9 Å². The van der Waals surface area contributed by atoms with Crippen LogP contribution in [0.1, 0.15) is 64.1 Å². The SMILES string of the molecule is CC/C=C\C(OC)=C(\COc1ccc2c(c1)CCN(C(=O)CC(C)C)[C@H]2CC)N(C)C. The lowest BCUT2D eigenvalue weighted by Crippen LogP contribution is -2.40. The molecule has 1 aromatic rings. The summed E-state index contributed by atoms with van der Waals surface area (Å²) in [6.07, 6.45) is 7.44. The molecule has 0 aliphatic carbocycles. The Morgan fingerprint density at radius 2 is 2.03 bits per heavy atom. The van der Waals surface area contributed by atoms with Crippen molar-refractivity contribution < 1.29 is 14.3 Å². The molecule has 0 saturated carbocycles. The lowest BCUT2D eigenvalue weighted by atomic mass is 9.90. The van der Waals surface area contributed by atoms with E-state index in [0.29, 0.717) is 18.9 Å². The van der Waals surface area contributed by atoms with Gasteiger partial charge in [0.05, 0.1) is 18.8 Å². The van der Waals surface area contributed by atoms with Gasteiger partial charge >= 0.3 is 0 Å². The summed E-state index contributed by atoms with van der Waals surface area (Å²) < 4.78 is 11.7. The van der Waals surface area contributed by atoms with Gasteiger partial charge in [-0.2, -0.15) is 0 Å². The van der Waals surface area contributed by atoms with Gasteiger partial charge in [0.1, 0.15) is 18.1 Å². The maximum Gasteiger partial charge on any atom is 0.223 e. The number of amides is 1. The van der Waals surface area contributed by atoms with Gasteiger partial charge in [-0.15, -0.1) is 0 Å². The zero-order valence-electron chi connectivity index (χ0n) is 20.4. The normalized spacial score (nSPS) is 16.9. The van der Waals surface area contributed by atoms with Gasteiger partial charge in [-0.3, -0.25) is 4.79 Å². The van der Waals surface area contributed by atoms with Crippen molar-refractivity contribution in [2.75, 3.05) is 34.4 Å². The van der Waals surface area contributed by atoms with Crippen LogP contribution in [-0.2, 0) is 16.0 Å². The Hall–Kier alpha value is -2.43. The summed E-state index contributed by atoms with van der Waals surface area (Å²) >= 11 is 0. The van der Waals surface area contributed by atoms with Crippen LogP contribution in [0.25, 0.3) is 0 Å². The average molecular weight is 429 g/mol. The zero-order valence-corrected chi connectivity index (χ0v) is 20.4. The molecule has 1 aromatic carbocycles. The highest BCUT2D eigenvalue weighted by molar-refractivity contribution is 5.77. The smallest absolute Gasteiger partial charge is 0.223 e. The highest BCUT2D eigenvalue weighted by atomic mass is 16.5. The number of carbonyl (C=O) groups is 1. The Morgan fingerprint density at radius 1 is 1.29 bits per heavy atom. The molecule has 0 saturated heterocycles. The number of rotatable bonds is 10. The van der Waals surface area contributed by atoms with Crippen LogP contribution in [0.4, 0.5) is 0 Å². The fourth-order valence-electron chi connectivity index (χ4n) is 4.06. The number of allylic oxidation sites excluding steroid dienone is 2. The first-order valence-electron chi connectivity index (χ1n) is 11.5. The molecule has 1 amide bonds. The van der Waals surface area contributed by atoms with Gasteiger partial charge in [-0.25, -0.2) is 0 Å². The summed E-state index contributed by atoms with van der Waals surface area (Å²) in [5.74, 6) is 2.31. The second kappa shape index (κ2) is 11.8. The maximum atomic E-state index is 12.7. The van der Waals surface area contributed by atoms with Crippen molar-refractivity contribution in [1.82, 2.24) is 9.80 Å². The summed E-state index contributed by atoms with van der Waals surface area (Å²) in [4.78, 5) is 16.8. The molecule has 0 N–H and O–H groups in total. The van der Waals surface area contributed by atoms with Crippen LogP contribution in [0.15, 0.2) is 41.8 Å². The van der Waals surface area contributed by atoms with E-state index in [-0.39, 0.29) is 11.9 Å². The molecule has 0 spiro atoms. The minimum absolute atomic E-state index is 0.153. The van der Waals surface area contributed by atoms with Crippen LogP contribution >= 0.6 is 0 Å². The molecule has 0 bridgehead atoms. The van der Waals surface area contributed by atoms with Crippen molar-refractivity contribution in [3.63, 3.8) is 0 Å². The summed E-state index contributed by atoms with van der Waals surface area (Å²) in [6.45, 7) is 9.67. The Morgan fingerprint density at radius 3 is 2.61 bits per heavy atom. The molecule has 1 aliphatic rings. The number of nitrogens with zero attached hydrogens (tertiary/aromatic N) is 2. The summed E-state index contributed by atoms with van der Waals surface area (Å²) in [5.41, 5.74) is 3.53. The van der Waals surface area contributed by atoms with E-state index in [1.165, 1.54) is 11.1 Å². The number of ether oxygens (including phenoxy) is 2. The predicted molar refractivity (Wildman–Crippen MR) is 127 cm³/mol. The highest BCUT2D eigenvalue weighted by Crippen LogP contribution is 2.35. The number of fused-ring (bicyclic) bond motifs is 1. The van der Waals surface area contributed by atoms with Gasteiger partial charge in [0.25, 0.3) is 0 Å². The van der Waals surface area contributed by atoms with E-state index in [1.807, 2.05) is 31.1 Å². The van der Waals surface area contributed by atoms with Crippen LogP contribution in [0.2, 0.25) is 0 Å². The Labute approximate surface area is 188 Å². The fraction of sp³-hybridized carbons (Fsp3) is 0.577. The van der Waals surface area contributed by atoms with Crippen LogP contribution in [0, 0.1) is 5.92 Å². The third-order valence-electron chi connectivity index (χ3n) is 5.69. The van der Waals surface area contributed by atoms with E-state index in [0.717, 1.165) is 43.0 Å². The third kappa shape index (κ3) is 6.52. The number of likely N-dealkylation sites (N-methyl/N-ethyl adjacent to an activating group) is 1. The second-order valence-corrected chi connectivity index (χ2v) is 8.73. The molecule has 5 heteroatoms. The zero-order chi connectivity index (χ0) is 23.0. The number of hydrogen-bond acceptors (Lipinski definition) is 4. The second-order valence-electron chi connectivity index (χ2n) is 8.73. The minimum Gasteiger partial charge on any atom is -0.495 e. The third-order valence-corrected chi connectivity index (χ3v) is 5.69. The van der Waals surface area contributed by atoms with E-state index >= 15 is 0 Å². The highest BCUT2D eigenvalue weighted by Gasteiger charge is 2.29. The first kappa shape index (κ1) is 24.8. The quantitative estimate of drug-likeness (QED) is 0.373. The van der Waals surface area contributed by atoms with E-state index < -0.39 is 0 Å². The van der Waals surface area contributed by atoms with E-state index in [4.69, 9.17) is 9.47 Å². The summed E-state index contributed by atoms with van der Waals surface area (Å²) in [7, 11) is 5.69. The van der Waals surface area contributed by atoms with Crippen LogP contribution in [0.5, 0.6) is 5.75 Å². The molecule has 1 atom stereocenters.